The van der Waals surface area contributed by atoms with Crippen LogP contribution in [0.5, 0.6) is 0 Å². The first-order chi connectivity index (χ1) is 12.9. The maximum Gasteiger partial charge on any atom is 0.288 e. The molecule has 3 atom stereocenters. The molecule has 0 fully saturated rings. The van der Waals surface area contributed by atoms with Crippen molar-refractivity contribution in [1.82, 2.24) is 0 Å². The van der Waals surface area contributed by atoms with Crippen molar-refractivity contribution in [2.45, 2.75) is 25.3 Å². The normalized spacial score (nSPS) is 22.7. The average Bonchev–Trinajstić information content (AvgIpc) is 3.11. The summed E-state index contributed by atoms with van der Waals surface area (Å²) in [5.74, 6) is -0.0694. The van der Waals surface area contributed by atoms with Crippen LogP contribution in [0.1, 0.15) is 35.1 Å². The molecular formula is C19H16ClN3O4. The van der Waals surface area contributed by atoms with Crippen LogP contribution in [-0.2, 0) is 0 Å². The van der Waals surface area contributed by atoms with Gasteiger partial charge in [-0.3, -0.25) is 20.2 Å². The van der Waals surface area contributed by atoms with Crippen LogP contribution >= 0.6 is 11.6 Å². The van der Waals surface area contributed by atoms with Crippen LogP contribution in [0, 0.1) is 33.1 Å². The van der Waals surface area contributed by atoms with Crippen molar-refractivity contribution >= 4 is 28.7 Å². The molecule has 0 saturated carbocycles. The molecule has 2 aliphatic rings. The van der Waals surface area contributed by atoms with Crippen molar-refractivity contribution in [2.75, 3.05) is 5.32 Å². The zero-order valence-corrected chi connectivity index (χ0v) is 15.1. The van der Waals surface area contributed by atoms with Gasteiger partial charge in [-0.25, -0.2) is 0 Å². The van der Waals surface area contributed by atoms with Gasteiger partial charge < -0.3 is 5.32 Å². The highest BCUT2D eigenvalue weighted by Crippen LogP contribution is 2.53. The van der Waals surface area contributed by atoms with E-state index in [4.69, 9.17) is 11.6 Å². The molecule has 0 amide bonds. The average molecular weight is 386 g/mol. The molecule has 0 radical (unpaired) electrons. The van der Waals surface area contributed by atoms with Crippen molar-refractivity contribution in [3.63, 3.8) is 0 Å². The van der Waals surface area contributed by atoms with Crippen LogP contribution in [0.25, 0.3) is 0 Å². The van der Waals surface area contributed by atoms with E-state index in [1.807, 2.05) is 19.1 Å². The van der Waals surface area contributed by atoms with E-state index in [2.05, 4.69) is 5.32 Å². The van der Waals surface area contributed by atoms with Gasteiger partial charge >= 0.3 is 0 Å². The second kappa shape index (κ2) is 6.35. The molecule has 0 aromatic heterocycles. The Morgan fingerprint density at radius 2 is 1.85 bits per heavy atom. The van der Waals surface area contributed by atoms with E-state index in [9.17, 15) is 20.2 Å². The van der Waals surface area contributed by atoms with Crippen molar-refractivity contribution in [2.24, 2.45) is 5.92 Å². The molecule has 1 aliphatic carbocycles. The highest BCUT2D eigenvalue weighted by Gasteiger charge is 2.42. The monoisotopic (exact) mass is 385 g/mol. The van der Waals surface area contributed by atoms with Crippen molar-refractivity contribution in [3.8, 4) is 0 Å². The Labute approximate surface area is 160 Å². The number of anilines is 1. The predicted molar refractivity (Wildman–Crippen MR) is 102 cm³/mol. The minimum atomic E-state index is -0.497. The van der Waals surface area contributed by atoms with Crippen molar-refractivity contribution < 1.29 is 9.85 Å². The zero-order chi connectivity index (χ0) is 19.3. The summed E-state index contributed by atoms with van der Waals surface area (Å²) in [6.45, 7) is 1.90. The summed E-state index contributed by atoms with van der Waals surface area (Å²) in [4.78, 5) is 22.0. The second-order valence-corrected chi connectivity index (χ2v) is 7.30. The number of nitro benzene ring substituents is 2. The number of hydrogen-bond donors (Lipinski definition) is 1. The fourth-order valence-electron chi connectivity index (χ4n) is 4.19. The maximum atomic E-state index is 11.5. The molecule has 4 rings (SSSR count). The van der Waals surface area contributed by atoms with E-state index >= 15 is 0 Å². The van der Waals surface area contributed by atoms with Crippen LogP contribution in [0.3, 0.4) is 0 Å². The molecule has 8 heteroatoms. The number of aryl methyl sites for hydroxylation is 1. The lowest BCUT2D eigenvalue weighted by Crippen LogP contribution is -2.30. The number of allylic oxidation sites excluding steroid dienone is 2. The lowest BCUT2D eigenvalue weighted by molar-refractivity contribution is -0.385. The highest BCUT2D eigenvalue weighted by atomic mass is 35.5. The third-order valence-electron chi connectivity index (χ3n) is 5.43. The van der Waals surface area contributed by atoms with Crippen molar-refractivity contribution in [3.05, 3.63) is 84.4 Å². The van der Waals surface area contributed by atoms with Crippen molar-refractivity contribution in [1.29, 1.82) is 0 Å². The Hall–Kier alpha value is -2.93. The fraction of sp³-hybridized carbons (Fsp3) is 0.263. The summed E-state index contributed by atoms with van der Waals surface area (Å²) in [5, 5.41) is 26.3. The predicted octanol–water partition coefficient (Wildman–Crippen LogP) is 5.29. The first-order valence-electron chi connectivity index (χ1n) is 8.53. The first-order valence-corrected chi connectivity index (χ1v) is 8.91. The Balaban J connectivity index is 1.86. The zero-order valence-electron chi connectivity index (χ0n) is 14.4. The molecule has 2 aromatic rings. The number of nitro groups is 2. The first kappa shape index (κ1) is 17.5. The largest absolute Gasteiger partial charge is 0.377 e. The molecule has 3 unspecified atom stereocenters. The summed E-state index contributed by atoms with van der Waals surface area (Å²) in [6, 6.07) is 7.88. The van der Waals surface area contributed by atoms with E-state index in [-0.39, 0.29) is 39.2 Å². The maximum absolute atomic E-state index is 11.5. The SMILES string of the molecule is Cc1ccc([N+](=O)[O-])c2c1NC(c1ccc(Cl)c([N+](=O)[O-])c1)C1CC=CC21. The molecule has 1 N–H and O–H groups in total. The van der Waals surface area contributed by atoms with E-state index < -0.39 is 4.92 Å². The molecule has 0 bridgehead atoms. The van der Waals surface area contributed by atoms with Crippen LogP contribution in [-0.4, -0.2) is 9.85 Å². The van der Waals surface area contributed by atoms with Gasteiger partial charge in [0.2, 0.25) is 0 Å². The van der Waals surface area contributed by atoms with E-state index in [0.29, 0.717) is 5.56 Å². The van der Waals surface area contributed by atoms with Gasteiger partial charge in [0.25, 0.3) is 11.4 Å². The summed E-state index contributed by atoms with van der Waals surface area (Å²) in [5.41, 5.74) is 3.05. The van der Waals surface area contributed by atoms with Gasteiger partial charge in [-0.2, -0.15) is 0 Å². The number of hydrogen-bond acceptors (Lipinski definition) is 5. The van der Waals surface area contributed by atoms with Gasteiger partial charge in [-0.1, -0.05) is 35.9 Å². The number of halogens is 1. The van der Waals surface area contributed by atoms with Gasteiger partial charge in [-0.15, -0.1) is 0 Å². The van der Waals surface area contributed by atoms with Crippen LogP contribution in [0.4, 0.5) is 17.1 Å². The Bertz CT molecular complexity index is 1000. The number of benzene rings is 2. The third kappa shape index (κ3) is 2.75. The van der Waals surface area contributed by atoms with Gasteiger partial charge in [0, 0.05) is 23.7 Å². The fourth-order valence-corrected chi connectivity index (χ4v) is 4.37. The standard InChI is InChI=1S/C19H16ClN3O4/c1-10-5-8-15(22(24)25)17-12-3-2-4-13(12)19(21-18(10)17)11-6-7-14(20)16(9-11)23(26)27/h2-3,5-9,12-13,19,21H,4H2,1H3. The minimum absolute atomic E-state index is 0.0405. The summed E-state index contributed by atoms with van der Waals surface area (Å²) in [7, 11) is 0. The number of rotatable bonds is 3. The third-order valence-corrected chi connectivity index (χ3v) is 5.75. The quantitative estimate of drug-likeness (QED) is 0.439. The number of nitrogens with one attached hydrogen (secondary N) is 1. The summed E-state index contributed by atoms with van der Waals surface area (Å²) < 4.78 is 0. The Morgan fingerprint density at radius 1 is 1.11 bits per heavy atom. The summed E-state index contributed by atoms with van der Waals surface area (Å²) >= 11 is 5.95. The van der Waals surface area contributed by atoms with E-state index in [1.165, 1.54) is 12.1 Å². The highest BCUT2D eigenvalue weighted by molar-refractivity contribution is 6.32. The Morgan fingerprint density at radius 3 is 2.56 bits per heavy atom. The van der Waals surface area contributed by atoms with Crippen LogP contribution in [0.15, 0.2) is 42.5 Å². The molecule has 138 valence electrons. The topological polar surface area (TPSA) is 98.3 Å². The molecule has 27 heavy (non-hydrogen) atoms. The summed E-state index contributed by atoms with van der Waals surface area (Å²) in [6.07, 6.45) is 4.77. The molecule has 7 nitrogen and oxygen atoms in total. The van der Waals surface area contributed by atoms with Gasteiger partial charge in [0.1, 0.15) is 5.02 Å². The van der Waals surface area contributed by atoms with Gasteiger partial charge in [0.15, 0.2) is 0 Å². The number of fused-ring (bicyclic) bond motifs is 3. The molecule has 1 aliphatic heterocycles. The van der Waals surface area contributed by atoms with E-state index in [1.54, 1.807) is 18.2 Å². The van der Waals surface area contributed by atoms with Crippen LogP contribution < -0.4 is 5.32 Å². The minimum Gasteiger partial charge on any atom is -0.377 e. The molecule has 0 saturated heterocycles. The van der Waals surface area contributed by atoms with Crippen LogP contribution in [0.2, 0.25) is 5.02 Å². The molecule has 1 heterocycles. The molecule has 0 spiro atoms. The van der Waals surface area contributed by atoms with Gasteiger partial charge in [-0.05, 0) is 36.5 Å². The lowest BCUT2D eigenvalue weighted by Gasteiger charge is -2.37. The lowest BCUT2D eigenvalue weighted by atomic mass is 9.75. The number of nitrogens with zero attached hydrogens (tertiary/aromatic N) is 2. The molecule has 2 aromatic carbocycles. The van der Waals surface area contributed by atoms with E-state index in [0.717, 1.165) is 23.2 Å². The second-order valence-electron chi connectivity index (χ2n) is 6.89. The smallest absolute Gasteiger partial charge is 0.288 e. The Kier molecular flexibility index (Phi) is 4.11. The molecular weight excluding hydrogens is 370 g/mol. The van der Waals surface area contributed by atoms with Gasteiger partial charge in [0.05, 0.1) is 21.5 Å².